The maximum Gasteiger partial charge on any atom is 0.191 e. The fourth-order valence-electron chi connectivity index (χ4n) is 3.99. The Hall–Kier alpha value is -1.59. The van der Waals surface area contributed by atoms with Gasteiger partial charge in [-0.15, -0.1) is 0 Å². The van der Waals surface area contributed by atoms with Gasteiger partial charge in [-0.05, 0) is 55.6 Å². The van der Waals surface area contributed by atoms with E-state index in [9.17, 15) is 0 Å². The first kappa shape index (κ1) is 21.1. The second-order valence-corrected chi connectivity index (χ2v) is 8.20. The van der Waals surface area contributed by atoms with E-state index in [4.69, 9.17) is 14.5 Å². The summed E-state index contributed by atoms with van der Waals surface area (Å²) in [5.74, 6) is 0.922. The van der Waals surface area contributed by atoms with Gasteiger partial charge in [-0.1, -0.05) is 37.6 Å². The standard InChI is InChI=1S/C23H37N3O2/c1-3-23(11-6-12-23)18-26-22(24-4-2)25-16-19-7-5-8-20(15-19)17-28-21-9-13-27-14-10-21/h5,7-8,15,21H,3-4,6,9-14,16-18H2,1-2H3,(H2,24,25,26). The summed E-state index contributed by atoms with van der Waals surface area (Å²) in [5, 5.41) is 6.95. The molecule has 156 valence electrons. The number of benzene rings is 1. The molecule has 5 nitrogen and oxygen atoms in total. The summed E-state index contributed by atoms with van der Waals surface area (Å²) in [4.78, 5) is 4.81. The second-order valence-electron chi connectivity index (χ2n) is 8.20. The molecule has 0 spiro atoms. The molecule has 1 aromatic rings. The molecule has 0 bridgehead atoms. The fourth-order valence-corrected chi connectivity index (χ4v) is 3.99. The minimum absolute atomic E-state index is 0.331. The molecule has 2 fully saturated rings. The van der Waals surface area contributed by atoms with Crippen molar-refractivity contribution >= 4 is 5.96 Å². The number of rotatable bonds is 9. The first-order chi connectivity index (χ1) is 13.7. The van der Waals surface area contributed by atoms with Gasteiger partial charge in [0.25, 0.3) is 0 Å². The van der Waals surface area contributed by atoms with Crippen molar-refractivity contribution in [2.45, 2.75) is 71.6 Å². The molecule has 1 aromatic carbocycles. The first-order valence-electron chi connectivity index (χ1n) is 11.0. The Balaban J connectivity index is 1.51. The highest BCUT2D eigenvalue weighted by molar-refractivity contribution is 5.79. The van der Waals surface area contributed by atoms with Crippen molar-refractivity contribution in [1.29, 1.82) is 0 Å². The monoisotopic (exact) mass is 387 g/mol. The Bertz CT molecular complexity index is 617. The molecule has 0 radical (unpaired) electrons. The normalized spacial score (nSPS) is 19.9. The number of guanidine groups is 1. The minimum atomic E-state index is 0.331. The van der Waals surface area contributed by atoms with Crippen LogP contribution in [0.5, 0.6) is 0 Å². The Morgan fingerprint density at radius 2 is 1.96 bits per heavy atom. The summed E-state index contributed by atoms with van der Waals surface area (Å²) in [6.07, 6.45) is 7.62. The van der Waals surface area contributed by atoms with Crippen LogP contribution in [0.2, 0.25) is 0 Å². The maximum absolute atomic E-state index is 6.05. The first-order valence-corrected chi connectivity index (χ1v) is 11.0. The topological polar surface area (TPSA) is 54.9 Å². The van der Waals surface area contributed by atoms with Crippen LogP contribution in [-0.4, -0.2) is 38.4 Å². The van der Waals surface area contributed by atoms with Gasteiger partial charge < -0.3 is 20.1 Å². The van der Waals surface area contributed by atoms with Crippen molar-refractivity contribution in [3.8, 4) is 0 Å². The van der Waals surface area contributed by atoms with Crippen LogP contribution in [0.15, 0.2) is 29.3 Å². The lowest BCUT2D eigenvalue weighted by atomic mass is 9.67. The summed E-state index contributed by atoms with van der Waals surface area (Å²) in [6.45, 7) is 9.30. The Kier molecular flexibility index (Phi) is 8.16. The van der Waals surface area contributed by atoms with Crippen LogP contribution in [0.3, 0.4) is 0 Å². The van der Waals surface area contributed by atoms with Crippen molar-refractivity contribution in [1.82, 2.24) is 10.6 Å². The molecule has 1 saturated heterocycles. The molecule has 3 rings (SSSR count). The maximum atomic E-state index is 6.05. The van der Waals surface area contributed by atoms with Gasteiger partial charge in [-0.2, -0.15) is 0 Å². The van der Waals surface area contributed by atoms with Crippen molar-refractivity contribution in [3.63, 3.8) is 0 Å². The molecule has 1 saturated carbocycles. The smallest absolute Gasteiger partial charge is 0.191 e. The third kappa shape index (κ3) is 6.21. The van der Waals surface area contributed by atoms with Crippen LogP contribution in [0.1, 0.15) is 63.5 Å². The molecule has 5 heteroatoms. The fraction of sp³-hybridized carbons (Fsp3) is 0.696. The third-order valence-electron chi connectivity index (χ3n) is 6.20. The van der Waals surface area contributed by atoms with Crippen molar-refractivity contribution in [2.75, 3.05) is 26.3 Å². The molecule has 0 amide bonds. The zero-order valence-electron chi connectivity index (χ0n) is 17.6. The lowest BCUT2D eigenvalue weighted by Gasteiger charge is -2.41. The number of aliphatic imine (C=N–C) groups is 1. The molecule has 0 atom stereocenters. The van der Waals surface area contributed by atoms with E-state index in [0.29, 0.717) is 24.7 Å². The van der Waals surface area contributed by atoms with E-state index in [2.05, 4.69) is 48.7 Å². The zero-order valence-corrected chi connectivity index (χ0v) is 17.6. The predicted octanol–water partition coefficient (Wildman–Crippen LogP) is 4.02. The Morgan fingerprint density at radius 3 is 2.64 bits per heavy atom. The largest absolute Gasteiger partial charge is 0.381 e. The molecule has 0 aromatic heterocycles. The highest BCUT2D eigenvalue weighted by Crippen LogP contribution is 2.42. The molecule has 28 heavy (non-hydrogen) atoms. The van der Waals surface area contributed by atoms with Gasteiger partial charge in [0.05, 0.1) is 19.3 Å². The third-order valence-corrected chi connectivity index (χ3v) is 6.20. The van der Waals surface area contributed by atoms with Crippen LogP contribution < -0.4 is 10.6 Å². The second kappa shape index (κ2) is 10.8. The molecule has 1 aliphatic heterocycles. The van der Waals surface area contributed by atoms with E-state index in [1.54, 1.807) is 0 Å². The van der Waals surface area contributed by atoms with Crippen LogP contribution in [0.4, 0.5) is 0 Å². The van der Waals surface area contributed by atoms with Crippen molar-refractivity contribution in [3.05, 3.63) is 35.4 Å². The summed E-state index contributed by atoms with van der Waals surface area (Å²) in [5.41, 5.74) is 2.92. The van der Waals surface area contributed by atoms with E-state index in [0.717, 1.165) is 45.1 Å². The van der Waals surface area contributed by atoms with Gasteiger partial charge in [0.2, 0.25) is 0 Å². The van der Waals surface area contributed by atoms with Crippen molar-refractivity contribution < 1.29 is 9.47 Å². The number of hydrogen-bond acceptors (Lipinski definition) is 3. The number of ether oxygens (including phenoxy) is 2. The van der Waals surface area contributed by atoms with Gasteiger partial charge in [0.1, 0.15) is 0 Å². The van der Waals surface area contributed by atoms with Gasteiger partial charge in [0.15, 0.2) is 5.96 Å². The minimum Gasteiger partial charge on any atom is -0.381 e. The van der Waals surface area contributed by atoms with Gasteiger partial charge in [-0.25, -0.2) is 4.99 Å². The number of nitrogens with zero attached hydrogens (tertiary/aromatic N) is 1. The SMILES string of the molecule is CCNC(=NCc1cccc(COC2CCOCC2)c1)NCC1(CC)CCC1. The molecule has 0 unspecified atom stereocenters. The molecule has 2 aliphatic rings. The summed E-state index contributed by atoms with van der Waals surface area (Å²) in [7, 11) is 0. The van der Waals surface area contributed by atoms with E-state index in [1.807, 2.05) is 0 Å². The predicted molar refractivity (Wildman–Crippen MR) is 114 cm³/mol. The quantitative estimate of drug-likeness (QED) is 0.496. The lowest BCUT2D eigenvalue weighted by Crippen LogP contribution is -2.46. The summed E-state index contributed by atoms with van der Waals surface area (Å²) >= 11 is 0. The van der Waals surface area contributed by atoms with E-state index in [-0.39, 0.29) is 0 Å². The molecule has 2 N–H and O–H groups in total. The van der Waals surface area contributed by atoms with Crippen molar-refractivity contribution in [2.24, 2.45) is 10.4 Å². The molecule has 1 aliphatic carbocycles. The highest BCUT2D eigenvalue weighted by atomic mass is 16.5. The summed E-state index contributed by atoms with van der Waals surface area (Å²) in [6, 6.07) is 8.60. The number of nitrogens with one attached hydrogen (secondary N) is 2. The van der Waals surface area contributed by atoms with Crippen LogP contribution in [0.25, 0.3) is 0 Å². The van der Waals surface area contributed by atoms with Crippen LogP contribution in [-0.2, 0) is 22.6 Å². The van der Waals surface area contributed by atoms with Crippen LogP contribution >= 0.6 is 0 Å². The Morgan fingerprint density at radius 1 is 1.18 bits per heavy atom. The highest BCUT2D eigenvalue weighted by Gasteiger charge is 2.34. The molecular weight excluding hydrogens is 350 g/mol. The van der Waals surface area contributed by atoms with Gasteiger partial charge in [0, 0.05) is 26.3 Å². The van der Waals surface area contributed by atoms with E-state index in [1.165, 1.54) is 36.8 Å². The zero-order chi connectivity index (χ0) is 19.7. The Labute approximate surface area is 170 Å². The molecule has 1 heterocycles. The van der Waals surface area contributed by atoms with E-state index < -0.39 is 0 Å². The summed E-state index contributed by atoms with van der Waals surface area (Å²) < 4.78 is 11.5. The van der Waals surface area contributed by atoms with Gasteiger partial charge in [-0.3, -0.25) is 0 Å². The molecular formula is C23H37N3O2. The average molecular weight is 388 g/mol. The van der Waals surface area contributed by atoms with Crippen LogP contribution in [0, 0.1) is 5.41 Å². The lowest BCUT2D eigenvalue weighted by molar-refractivity contribution is -0.0390. The average Bonchev–Trinajstić information content (AvgIpc) is 2.71. The van der Waals surface area contributed by atoms with E-state index >= 15 is 0 Å². The number of hydrogen-bond donors (Lipinski definition) is 2. The van der Waals surface area contributed by atoms with Gasteiger partial charge >= 0.3 is 0 Å².